The number of nitrogen functional groups attached to an aromatic ring is 1. The topological polar surface area (TPSA) is 74.5 Å². The average Bonchev–Trinajstić information content (AvgIpc) is 3.09. The van der Waals surface area contributed by atoms with Crippen LogP contribution in [-0.2, 0) is 0 Å². The molecule has 2 aliphatic rings. The lowest BCUT2D eigenvalue weighted by Gasteiger charge is -2.31. The normalized spacial score (nSPS) is 20.9. The lowest BCUT2D eigenvalue weighted by Crippen LogP contribution is -2.44. The van der Waals surface area contributed by atoms with Gasteiger partial charge in [0.25, 0.3) is 5.91 Å². The number of hydrogen-bond donors (Lipinski definition) is 2. The summed E-state index contributed by atoms with van der Waals surface area (Å²) in [5.74, 6) is 0.307. The summed E-state index contributed by atoms with van der Waals surface area (Å²) in [6, 6.07) is 0.311. The van der Waals surface area contributed by atoms with E-state index in [9.17, 15) is 4.79 Å². The number of carbonyl (C=O) groups excluding carboxylic acids is 1. The molecule has 0 radical (unpaired) electrons. The number of rotatable bonds is 3. The number of nitrogens with two attached hydrogens (primary N) is 1. The number of aromatic nitrogens is 1. The van der Waals surface area contributed by atoms with Crippen molar-refractivity contribution in [2.24, 2.45) is 0 Å². The monoisotopic (exact) mass is 309 g/mol. The summed E-state index contributed by atoms with van der Waals surface area (Å²) in [5.41, 5.74) is 5.95. The molecule has 1 aliphatic heterocycles. The Balaban J connectivity index is 1.67. The highest BCUT2D eigenvalue weighted by Gasteiger charge is 2.24. The number of piperazine rings is 1. The lowest BCUT2D eigenvalue weighted by molar-refractivity contribution is 0.0942. The van der Waals surface area contributed by atoms with Crippen LogP contribution in [0.3, 0.4) is 0 Å². The number of nitrogens with one attached hydrogen (secondary N) is 1. The zero-order valence-corrected chi connectivity index (χ0v) is 13.3. The van der Waals surface area contributed by atoms with Gasteiger partial charge in [0.1, 0.15) is 10.7 Å². The van der Waals surface area contributed by atoms with E-state index in [0.717, 1.165) is 44.2 Å². The number of amides is 1. The third-order valence-corrected chi connectivity index (χ3v) is 5.44. The molecule has 1 aromatic rings. The third kappa shape index (κ3) is 3.29. The summed E-state index contributed by atoms with van der Waals surface area (Å²) >= 11 is 1.42. The molecule has 6 nitrogen and oxygen atoms in total. The van der Waals surface area contributed by atoms with Gasteiger partial charge in [-0.3, -0.25) is 4.79 Å². The molecule has 1 saturated carbocycles. The molecule has 1 aromatic heterocycles. The van der Waals surface area contributed by atoms with Crippen LogP contribution in [0.5, 0.6) is 0 Å². The van der Waals surface area contributed by atoms with Gasteiger partial charge in [0, 0.05) is 32.2 Å². The van der Waals surface area contributed by atoms with Crippen LogP contribution in [-0.4, -0.2) is 55.1 Å². The molecule has 1 saturated heterocycles. The fraction of sp³-hybridized carbons (Fsp3) is 0.714. The van der Waals surface area contributed by atoms with Crippen molar-refractivity contribution in [2.75, 3.05) is 43.9 Å². The molecule has 1 amide bonds. The quantitative estimate of drug-likeness (QED) is 0.876. The fourth-order valence-corrected chi connectivity index (χ4v) is 3.88. The molecule has 0 atom stereocenters. The minimum absolute atomic E-state index is 0.0581. The zero-order valence-electron chi connectivity index (χ0n) is 12.5. The molecular formula is C14H23N5OS. The van der Waals surface area contributed by atoms with E-state index >= 15 is 0 Å². The smallest absolute Gasteiger partial charge is 0.265 e. The van der Waals surface area contributed by atoms with Gasteiger partial charge in [-0.15, -0.1) is 0 Å². The minimum atomic E-state index is -0.0581. The van der Waals surface area contributed by atoms with Gasteiger partial charge in [0.05, 0.1) is 0 Å². The second kappa shape index (κ2) is 6.19. The van der Waals surface area contributed by atoms with E-state index in [1.165, 1.54) is 24.2 Å². The molecule has 7 heteroatoms. The molecular weight excluding hydrogens is 286 g/mol. The Labute approximate surface area is 129 Å². The van der Waals surface area contributed by atoms with Crippen molar-refractivity contribution < 1.29 is 4.79 Å². The fourth-order valence-electron chi connectivity index (χ4n) is 2.94. The first kappa shape index (κ1) is 14.6. The molecule has 0 aromatic carbocycles. The Morgan fingerprint density at radius 2 is 1.95 bits per heavy atom. The summed E-state index contributed by atoms with van der Waals surface area (Å²) in [6.07, 6.45) is 4.57. The molecule has 21 heavy (non-hydrogen) atoms. The predicted molar refractivity (Wildman–Crippen MR) is 86.0 cm³/mol. The van der Waals surface area contributed by atoms with E-state index in [0.29, 0.717) is 16.7 Å². The van der Waals surface area contributed by atoms with E-state index in [1.54, 1.807) is 0 Å². The van der Waals surface area contributed by atoms with Crippen LogP contribution >= 0.6 is 11.3 Å². The highest BCUT2D eigenvalue weighted by molar-refractivity contribution is 7.18. The predicted octanol–water partition coefficient (Wildman–Crippen LogP) is 1.15. The molecule has 0 spiro atoms. The van der Waals surface area contributed by atoms with E-state index in [1.807, 2.05) is 0 Å². The van der Waals surface area contributed by atoms with Gasteiger partial charge in [-0.25, -0.2) is 4.98 Å². The number of thiazole rings is 1. The Morgan fingerprint density at radius 3 is 2.62 bits per heavy atom. The largest absolute Gasteiger partial charge is 0.382 e. The number of carbonyl (C=O) groups is 1. The van der Waals surface area contributed by atoms with Gasteiger partial charge in [-0.2, -0.15) is 0 Å². The van der Waals surface area contributed by atoms with E-state index in [4.69, 9.17) is 5.73 Å². The Bertz CT molecular complexity index is 503. The summed E-state index contributed by atoms with van der Waals surface area (Å²) < 4.78 is 0. The third-order valence-electron chi connectivity index (χ3n) is 4.31. The molecule has 0 unspecified atom stereocenters. The van der Waals surface area contributed by atoms with Crippen LogP contribution in [0.4, 0.5) is 10.9 Å². The number of nitrogens with zero attached hydrogens (tertiary/aromatic N) is 3. The van der Waals surface area contributed by atoms with Crippen molar-refractivity contribution in [3.05, 3.63) is 4.88 Å². The van der Waals surface area contributed by atoms with E-state index in [-0.39, 0.29) is 5.91 Å². The van der Waals surface area contributed by atoms with Crippen molar-refractivity contribution in [1.82, 2.24) is 15.2 Å². The van der Waals surface area contributed by atoms with Gasteiger partial charge in [0.2, 0.25) is 0 Å². The first-order valence-electron chi connectivity index (χ1n) is 7.64. The van der Waals surface area contributed by atoms with Crippen LogP contribution in [0.1, 0.15) is 35.4 Å². The van der Waals surface area contributed by atoms with Crippen LogP contribution in [0.25, 0.3) is 0 Å². The number of hydrogen-bond acceptors (Lipinski definition) is 6. The second-order valence-corrected chi connectivity index (χ2v) is 6.93. The molecule has 1 aliphatic carbocycles. The molecule has 116 valence electrons. The maximum atomic E-state index is 12.3. The van der Waals surface area contributed by atoms with Gasteiger partial charge in [-0.1, -0.05) is 24.2 Å². The van der Waals surface area contributed by atoms with Crippen molar-refractivity contribution in [3.63, 3.8) is 0 Å². The highest BCUT2D eigenvalue weighted by atomic mass is 32.1. The Morgan fingerprint density at radius 1 is 1.29 bits per heavy atom. The SMILES string of the molecule is CN1CCN(c2nc(N)c(C(=O)NC3CCCC3)s2)CC1. The first-order chi connectivity index (χ1) is 10.1. The van der Waals surface area contributed by atoms with Gasteiger partial charge >= 0.3 is 0 Å². The first-order valence-corrected chi connectivity index (χ1v) is 8.46. The molecule has 2 fully saturated rings. The summed E-state index contributed by atoms with van der Waals surface area (Å²) in [4.78, 5) is 21.8. The zero-order chi connectivity index (χ0) is 14.8. The maximum absolute atomic E-state index is 12.3. The van der Waals surface area contributed by atoms with Crippen LogP contribution in [0.2, 0.25) is 0 Å². The van der Waals surface area contributed by atoms with Gasteiger partial charge in [-0.05, 0) is 19.9 Å². The van der Waals surface area contributed by atoms with Crippen LogP contribution in [0, 0.1) is 0 Å². The van der Waals surface area contributed by atoms with Crippen LogP contribution < -0.4 is 16.0 Å². The van der Waals surface area contributed by atoms with Crippen molar-refractivity contribution >= 4 is 28.2 Å². The lowest BCUT2D eigenvalue weighted by atomic mass is 10.2. The average molecular weight is 309 g/mol. The van der Waals surface area contributed by atoms with Crippen molar-refractivity contribution in [3.8, 4) is 0 Å². The molecule has 3 rings (SSSR count). The van der Waals surface area contributed by atoms with E-state index < -0.39 is 0 Å². The van der Waals surface area contributed by atoms with Gasteiger partial charge in [0.15, 0.2) is 5.13 Å². The Hall–Kier alpha value is -1.34. The number of likely N-dealkylation sites (N-methyl/N-ethyl adjacent to an activating group) is 1. The summed E-state index contributed by atoms with van der Waals surface area (Å²) in [5, 5.41) is 3.96. The maximum Gasteiger partial charge on any atom is 0.265 e. The Kier molecular flexibility index (Phi) is 4.30. The second-order valence-electron chi connectivity index (χ2n) is 5.96. The minimum Gasteiger partial charge on any atom is -0.382 e. The molecule has 2 heterocycles. The number of anilines is 2. The van der Waals surface area contributed by atoms with Crippen molar-refractivity contribution in [2.45, 2.75) is 31.7 Å². The van der Waals surface area contributed by atoms with Crippen LogP contribution in [0.15, 0.2) is 0 Å². The summed E-state index contributed by atoms with van der Waals surface area (Å²) in [6.45, 7) is 3.91. The molecule has 0 bridgehead atoms. The van der Waals surface area contributed by atoms with Gasteiger partial charge < -0.3 is 20.9 Å². The highest BCUT2D eigenvalue weighted by Crippen LogP contribution is 2.29. The van der Waals surface area contributed by atoms with E-state index in [2.05, 4.69) is 27.1 Å². The summed E-state index contributed by atoms with van der Waals surface area (Å²) in [7, 11) is 2.12. The standard InChI is InChI=1S/C14H23N5OS/c1-18-6-8-19(9-7-18)14-17-12(15)11(21-14)13(20)16-10-4-2-3-5-10/h10H,2-9,15H2,1H3,(H,16,20). The molecule has 3 N–H and O–H groups in total. The van der Waals surface area contributed by atoms with Crippen molar-refractivity contribution in [1.29, 1.82) is 0 Å².